The molecule has 4 nitrogen and oxygen atoms in total. The van der Waals surface area contributed by atoms with E-state index >= 15 is 0 Å². The molecule has 17 heavy (non-hydrogen) atoms. The maximum absolute atomic E-state index is 11.7. The molecule has 1 heterocycles. The van der Waals surface area contributed by atoms with E-state index in [1.54, 1.807) is 11.9 Å². The summed E-state index contributed by atoms with van der Waals surface area (Å²) in [5, 5.41) is 0. The van der Waals surface area contributed by atoms with Crippen LogP contribution in [0.5, 0.6) is 5.75 Å². The Morgan fingerprint density at radius 3 is 2.53 bits per heavy atom. The minimum Gasteiger partial charge on any atom is -0.481 e. The summed E-state index contributed by atoms with van der Waals surface area (Å²) in [5.41, 5.74) is 6.83. The quantitative estimate of drug-likeness (QED) is 0.858. The number of hydrogen-bond acceptors (Lipinski definition) is 3. The number of nitrogens with zero attached hydrogens (tertiary/aromatic N) is 1. The van der Waals surface area contributed by atoms with Crippen molar-refractivity contribution >= 4 is 5.91 Å². The van der Waals surface area contributed by atoms with Gasteiger partial charge in [0, 0.05) is 26.1 Å². The number of amides is 1. The molecule has 92 valence electrons. The third-order valence-corrected chi connectivity index (χ3v) is 3.06. The molecule has 1 aromatic carbocycles. The highest BCUT2D eigenvalue weighted by molar-refractivity contribution is 5.83. The molecule has 1 aliphatic rings. The first kappa shape index (κ1) is 11.9. The Morgan fingerprint density at radius 2 is 2.06 bits per heavy atom. The van der Waals surface area contributed by atoms with Crippen molar-refractivity contribution in [2.75, 3.05) is 13.6 Å². The summed E-state index contributed by atoms with van der Waals surface area (Å²) in [6.07, 6.45) is 0.422. The van der Waals surface area contributed by atoms with Gasteiger partial charge in [-0.2, -0.15) is 0 Å². The van der Waals surface area contributed by atoms with Gasteiger partial charge in [0.05, 0.1) is 0 Å². The lowest BCUT2D eigenvalue weighted by Crippen LogP contribution is -2.29. The summed E-state index contributed by atoms with van der Waals surface area (Å²) < 4.78 is 5.66. The van der Waals surface area contributed by atoms with Crippen LogP contribution in [-0.4, -0.2) is 30.5 Å². The predicted octanol–water partition coefficient (Wildman–Crippen LogP) is 1.32. The van der Waals surface area contributed by atoms with Crippen molar-refractivity contribution in [3.8, 4) is 5.75 Å². The van der Waals surface area contributed by atoms with Crippen LogP contribution in [0.1, 0.15) is 24.9 Å². The second kappa shape index (κ2) is 4.75. The Labute approximate surface area is 101 Å². The lowest BCUT2D eigenvalue weighted by atomic mass is 10.1. The number of carbonyl (C=O) groups excluding carboxylic acids is 1. The van der Waals surface area contributed by atoms with Crippen LogP contribution in [0, 0.1) is 0 Å². The molecule has 1 aliphatic heterocycles. The van der Waals surface area contributed by atoms with Crippen LogP contribution >= 0.6 is 0 Å². The van der Waals surface area contributed by atoms with E-state index in [1.165, 1.54) is 0 Å². The predicted molar refractivity (Wildman–Crippen MR) is 65.7 cm³/mol. The third-order valence-electron chi connectivity index (χ3n) is 3.06. The van der Waals surface area contributed by atoms with Gasteiger partial charge in [-0.25, -0.2) is 0 Å². The van der Waals surface area contributed by atoms with Gasteiger partial charge in [-0.15, -0.1) is 0 Å². The Hall–Kier alpha value is -1.55. The largest absolute Gasteiger partial charge is 0.481 e. The molecule has 2 rings (SSSR count). The molecule has 0 aliphatic carbocycles. The van der Waals surface area contributed by atoms with E-state index < -0.39 is 0 Å². The molecule has 1 unspecified atom stereocenters. The number of likely N-dealkylation sites (tertiary alicyclic amines) is 1. The number of nitrogens with two attached hydrogens (primary N) is 1. The number of ether oxygens (including phenoxy) is 1. The van der Waals surface area contributed by atoms with Crippen LogP contribution in [0.3, 0.4) is 0 Å². The second-order valence-electron chi connectivity index (χ2n) is 4.51. The van der Waals surface area contributed by atoms with Crippen LogP contribution in [-0.2, 0) is 4.79 Å². The highest BCUT2D eigenvalue weighted by atomic mass is 16.5. The summed E-state index contributed by atoms with van der Waals surface area (Å²) in [6, 6.07) is 7.62. The molecule has 0 spiro atoms. The van der Waals surface area contributed by atoms with Crippen molar-refractivity contribution < 1.29 is 9.53 Å². The van der Waals surface area contributed by atoms with Crippen LogP contribution in [0.25, 0.3) is 0 Å². The monoisotopic (exact) mass is 234 g/mol. The van der Waals surface area contributed by atoms with Gasteiger partial charge in [0.25, 0.3) is 5.91 Å². The van der Waals surface area contributed by atoms with Crippen molar-refractivity contribution in [3.63, 3.8) is 0 Å². The molecule has 1 aromatic rings. The molecule has 0 bridgehead atoms. The van der Waals surface area contributed by atoms with E-state index in [0.717, 1.165) is 24.3 Å². The van der Waals surface area contributed by atoms with E-state index in [2.05, 4.69) is 0 Å². The first-order valence-corrected chi connectivity index (χ1v) is 5.85. The van der Waals surface area contributed by atoms with Crippen molar-refractivity contribution in [2.45, 2.75) is 25.5 Å². The molecule has 0 radical (unpaired) electrons. The Balaban J connectivity index is 2.02. The molecule has 2 atom stereocenters. The van der Waals surface area contributed by atoms with E-state index in [-0.39, 0.29) is 18.1 Å². The van der Waals surface area contributed by atoms with Crippen molar-refractivity contribution in [1.29, 1.82) is 0 Å². The lowest BCUT2D eigenvalue weighted by Gasteiger charge is -2.13. The van der Waals surface area contributed by atoms with E-state index in [4.69, 9.17) is 10.5 Å². The Bertz CT molecular complexity index is 400. The fourth-order valence-electron chi connectivity index (χ4n) is 1.91. The van der Waals surface area contributed by atoms with E-state index in [1.807, 2.05) is 31.2 Å². The molecule has 0 saturated carbocycles. The van der Waals surface area contributed by atoms with Crippen LogP contribution in [0.4, 0.5) is 0 Å². The van der Waals surface area contributed by atoms with Crippen LogP contribution in [0.2, 0.25) is 0 Å². The summed E-state index contributed by atoms with van der Waals surface area (Å²) in [4.78, 5) is 13.4. The van der Waals surface area contributed by atoms with Gasteiger partial charge in [-0.1, -0.05) is 12.1 Å². The molecule has 2 N–H and O–H groups in total. The Morgan fingerprint density at radius 1 is 1.41 bits per heavy atom. The first-order chi connectivity index (χ1) is 8.08. The fourth-order valence-corrected chi connectivity index (χ4v) is 1.91. The zero-order chi connectivity index (χ0) is 12.4. The highest BCUT2D eigenvalue weighted by Crippen LogP contribution is 2.20. The molecule has 1 amide bonds. The van der Waals surface area contributed by atoms with E-state index in [0.29, 0.717) is 0 Å². The highest BCUT2D eigenvalue weighted by Gasteiger charge is 2.30. The molecule has 4 heteroatoms. The summed E-state index contributed by atoms with van der Waals surface area (Å²) >= 11 is 0. The summed E-state index contributed by atoms with van der Waals surface area (Å²) in [5.74, 6) is 0.782. The minimum absolute atomic E-state index is 0.0169. The standard InChI is InChI=1S/C13H18N2O2/c1-9(14)10-3-5-11(6-4-10)17-12-7-8-15(2)13(12)16/h3-6,9,12H,7-8,14H2,1-2H3/t9-,12?/m1/s1. The maximum Gasteiger partial charge on any atom is 0.263 e. The average Bonchev–Trinajstić information content (AvgIpc) is 2.62. The zero-order valence-electron chi connectivity index (χ0n) is 10.2. The number of carbonyl (C=O) groups is 1. The normalized spacial score (nSPS) is 21.7. The minimum atomic E-state index is -0.332. The number of rotatable bonds is 3. The van der Waals surface area contributed by atoms with Crippen LogP contribution < -0.4 is 10.5 Å². The summed E-state index contributed by atoms with van der Waals surface area (Å²) in [6.45, 7) is 2.70. The summed E-state index contributed by atoms with van der Waals surface area (Å²) in [7, 11) is 1.80. The number of hydrogen-bond donors (Lipinski definition) is 1. The smallest absolute Gasteiger partial charge is 0.263 e. The molecular weight excluding hydrogens is 216 g/mol. The zero-order valence-corrected chi connectivity index (χ0v) is 10.2. The molecule has 1 saturated heterocycles. The van der Waals surface area contributed by atoms with Gasteiger partial charge in [-0.3, -0.25) is 4.79 Å². The van der Waals surface area contributed by atoms with Gasteiger partial charge in [-0.05, 0) is 24.6 Å². The SMILES string of the molecule is C[C@@H](N)c1ccc(OC2CCN(C)C2=O)cc1. The van der Waals surface area contributed by atoms with Gasteiger partial charge in [0.2, 0.25) is 0 Å². The molecule has 0 aromatic heterocycles. The second-order valence-corrected chi connectivity index (χ2v) is 4.51. The number of benzene rings is 1. The van der Waals surface area contributed by atoms with Gasteiger partial charge in [0.15, 0.2) is 6.10 Å². The van der Waals surface area contributed by atoms with E-state index in [9.17, 15) is 4.79 Å². The number of likely N-dealkylation sites (N-methyl/N-ethyl adjacent to an activating group) is 1. The maximum atomic E-state index is 11.7. The van der Waals surface area contributed by atoms with Crippen LogP contribution in [0.15, 0.2) is 24.3 Å². The Kier molecular flexibility index (Phi) is 3.33. The van der Waals surface area contributed by atoms with Gasteiger partial charge < -0.3 is 15.4 Å². The van der Waals surface area contributed by atoms with Gasteiger partial charge >= 0.3 is 0 Å². The topological polar surface area (TPSA) is 55.6 Å². The molecular formula is C13H18N2O2. The third kappa shape index (κ3) is 2.58. The lowest BCUT2D eigenvalue weighted by molar-refractivity contribution is -0.132. The molecule has 1 fully saturated rings. The van der Waals surface area contributed by atoms with Gasteiger partial charge in [0.1, 0.15) is 5.75 Å². The fraction of sp³-hybridized carbons (Fsp3) is 0.462. The van der Waals surface area contributed by atoms with Crippen molar-refractivity contribution in [1.82, 2.24) is 4.90 Å². The van der Waals surface area contributed by atoms with Crippen molar-refractivity contribution in [2.24, 2.45) is 5.73 Å². The first-order valence-electron chi connectivity index (χ1n) is 5.85. The van der Waals surface area contributed by atoms with Crippen molar-refractivity contribution in [3.05, 3.63) is 29.8 Å². The average molecular weight is 234 g/mol.